The van der Waals surface area contributed by atoms with Crippen molar-refractivity contribution in [3.05, 3.63) is 261 Å². The van der Waals surface area contributed by atoms with Crippen LogP contribution >= 0.6 is 0 Å². The van der Waals surface area contributed by atoms with Crippen LogP contribution in [-0.4, -0.2) is 24.4 Å². The molecular weight excluding hydrogens is 905 g/mol. The van der Waals surface area contributed by atoms with Gasteiger partial charge < -0.3 is 18.9 Å². The highest BCUT2D eigenvalue weighted by molar-refractivity contribution is 5.87. The van der Waals surface area contributed by atoms with Gasteiger partial charge in [-0.3, -0.25) is 21.3 Å². The van der Waals surface area contributed by atoms with E-state index in [-0.39, 0.29) is 26.4 Å². The monoisotopic (exact) mass is 956 g/mol. The predicted octanol–water partition coefficient (Wildman–Crippen LogP) is 13.4. The predicted molar refractivity (Wildman–Crippen MR) is 278 cm³/mol. The number of benzene rings is 8. The van der Waals surface area contributed by atoms with E-state index < -0.39 is 24.4 Å². The van der Waals surface area contributed by atoms with Crippen molar-refractivity contribution in [2.75, 3.05) is 21.3 Å². The normalized spacial score (nSPS) is 11.6. The van der Waals surface area contributed by atoms with Gasteiger partial charge in [0.05, 0.1) is 0 Å². The van der Waals surface area contributed by atoms with Crippen molar-refractivity contribution in [2.24, 2.45) is 0 Å². The fourth-order valence-electron chi connectivity index (χ4n) is 8.61. The lowest BCUT2D eigenvalue weighted by Crippen LogP contribution is -2.15. The van der Waals surface area contributed by atoms with Crippen molar-refractivity contribution >= 4 is 47.1 Å². The average Bonchev–Trinajstić information content (AvgIpc) is 3.37. The summed E-state index contributed by atoms with van der Waals surface area (Å²) in [7, 11) is 0. The molecule has 0 unspecified atom stereocenters. The molecule has 8 aromatic rings. The van der Waals surface area contributed by atoms with E-state index in [2.05, 4.69) is 45.5 Å². The van der Waals surface area contributed by atoms with Gasteiger partial charge in [-0.25, -0.2) is 19.2 Å². The number of rotatable bonds is 12. The van der Waals surface area contributed by atoms with Gasteiger partial charge in [-0.15, -0.1) is 0 Å². The number of hydrogen-bond acceptors (Lipinski definition) is 8. The maximum absolute atomic E-state index is 13.3. The summed E-state index contributed by atoms with van der Waals surface area (Å²) in [6.07, 6.45) is -0.733. The van der Waals surface area contributed by atoms with E-state index in [1.54, 1.807) is 0 Å². The standard InChI is InChI=1S/C60H52N4O8/c65-57(69-37-41-13-5-1-6-14-41)61-53-29-45-21-46(30-53)26-48-23-50(34-55(32-48)63-59(67)71-39-43-17-9-3-10-18-43)28-52-24-51(35-56(36-52)64-60(68)72-40-44-19-11-4-12-20-44)27-49-22-47(25-45)31-54(33-49)62-58(66)70-38-42-15-7-2-8-16-42/h1-24,29-36H,25-28,37-40H2,(H,61,65)(H,62,66)(H,63,67)(H,64,68). The van der Waals surface area contributed by atoms with Crippen molar-refractivity contribution < 1.29 is 38.1 Å². The number of ether oxygens (including phenoxy) is 4. The van der Waals surface area contributed by atoms with Crippen LogP contribution in [-0.2, 0) is 71.1 Å². The van der Waals surface area contributed by atoms with Gasteiger partial charge >= 0.3 is 24.4 Å². The molecule has 0 atom stereocenters. The molecule has 8 aromatic carbocycles. The summed E-state index contributed by atoms with van der Waals surface area (Å²) in [5.74, 6) is 0. The number of nitrogens with one attached hydrogen (secondary N) is 4. The third-order valence-corrected chi connectivity index (χ3v) is 11.7. The van der Waals surface area contributed by atoms with Crippen LogP contribution in [0.15, 0.2) is 194 Å². The lowest BCUT2D eigenvalue weighted by atomic mass is 9.92. The second kappa shape index (κ2) is 23.4. The molecule has 12 nitrogen and oxygen atoms in total. The SMILES string of the molecule is O=C(Nc1cc2cc(c1)Cc1cc(cc(NC(=O)OCc3ccccc3)c1)Cc1cc(cc(NC(=O)OCc3ccccc3)c1)Cc1cc(cc(NC(=O)OCc3ccccc3)c1)C2)OCc1ccccc1. The second-order valence-electron chi connectivity index (χ2n) is 17.6. The molecule has 0 heterocycles. The van der Waals surface area contributed by atoms with Crippen LogP contribution < -0.4 is 21.3 Å². The first-order valence-corrected chi connectivity index (χ1v) is 23.6. The first-order chi connectivity index (χ1) is 35.2. The van der Waals surface area contributed by atoms with Crippen LogP contribution in [0.1, 0.15) is 66.8 Å². The van der Waals surface area contributed by atoms with Gasteiger partial charge in [0.15, 0.2) is 0 Å². The Morgan fingerprint density at radius 1 is 0.278 bits per heavy atom. The van der Waals surface area contributed by atoms with Crippen LogP contribution in [0.5, 0.6) is 0 Å². The van der Waals surface area contributed by atoms with Crippen LogP contribution in [0.3, 0.4) is 0 Å². The van der Waals surface area contributed by atoms with E-state index in [0.717, 1.165) is 66.8 Å². The van der Waals surface area contributed by atoms with Crippen LogP contribution in [0.2, 0.25) is 0 Å². The maximum atomic E-state index is 13.3. The molecule has 1 aliphatic rings. The van der Waals surface area contributed by atoms with Gasteiger partial charge in [0.2, 0.25) is 0 Å². The molecule has 4 N–H and O–H groups in total. The molecule has 1 aliphatic carbocycles. The molecule has 8 bridgehead atoms. The number of amides is 4. The molecule has 9 rings (SSSR count). The van der Waals surface area contributed by atoms with Crippen LogP contribution in [0.25, 0.3) is 0 Å². The molecule has 0 aromatic heterocycles. The molecule has 12 heteroatoms. The Bertz CT molecular complexity index is 2660. The van der Waals surface area contributed by atoms with E-state index in [1.165, 1.54) is 0 Å². The maximum Gasteiger partial charge on any atom is 0.411 e. The van der Waals surface area contributed by atoms with Gasteiger partial charge in [0.25, 0.3) is 0 Å². The Morgan fingerprint density at radius 3 is 0.639 bits per heavy atom. The largest absolute Gasteiger partial charge is 0.444 e. The number of carbonyl (C=O) groups excluding carboxylic acids is 4. The molecule has 72 heavy (non-hydrogen) atoms. The molecule has 360 valence electrons. The molecule has 0 fully saturated rings. The van der Waals surface area contributed by atoms with Gasteiger partial charge in [-0.2, -0.15) is 0 Å². The van der Waals surface area contributed by atoms with Crippen LogP contribution in [0, 0.1) is 0 Å². The molecule has 0 saturated carbocycles. The zero-order valence-corrected chi connectivity index (χ0v) is 39.4. The first-order valence-electron chi connectivity index (χ1n) is 23.6. The summed E-state index contributed by atoms with van der Waals surface area (Å²) >= 11 is 0. The molecule has 0 aliphatic heterocycles. The third-order valence-electron chi connectivity index (χ3n) is 11.7. The van der Waals surface area contributed by atoms with Crippen molar-refractivity contribution in [1.82, 2.24) is 0 Å². The number of anilines is 4. The van der Waals surface area contributed by atoms with Crippen molar-refractivity contribution in [2.45, 2.75) is 52.1 Å². The lowest BCUT2D eigenvalue weighted by Gasteiger charge is -2.17. The van der Waals surface area contributed by atoms with E-state index in [9.17, 15) is 19.2 Å². The first kappa shape index (κ1) is 47.9. The van der Waals surface area contributed by atoms with Gasteiger partial charge in [-0.1, -0.05) is 146 Å². The highest BCUT2D eigenvalue weighted by Crippen LogP contribution is 2.29. The third kappa shape index (κ3) is 14.4. The average molecular weight is 957 g/mol. The van der Waals surface area contributed by atoms with Crippen molar-refractivity contribution in [1.29, 1.82) is 0 Å². The van der Waals surface area contributed by atoms with Crippen LogP contribution in [0.4, 0.5) is 41.9 Å². The minimum atomic E-state index is -0.603. The highest BCUT2D eigenvalue weighted by Gasteiger charge is 2.16. The highest BCUT2D eigenvalue weighted by atomic mass is 16.6. The summed E-state index contributed by atoms with van der Waals surface area (Å²) in [6, 6.07) is 61.5. The van der Waals surface area contributed by atoms with Crippen molar-refractivity contribution in [3.63, 3.8) is 0 Å². The summed E-state index contributed by atoms with van der Waals surface area (Å²) in [4.78, 5) is 53.2. The Kier molecular flexibility index (Phi) is 15.6. The van der Waals surface area contributed by atoms with Gasteiger partial charge in [0, 0.05) is 22.7 Å². The lowest BCUT2D eigenvalue weighted by molar-refractivity contribution is 0.154. The number of hydrogen-bond donors (Lipinski definition) is 4. The second-order valence-corrected chi connectivity index (χ2v) is 17.6. The fourth-order valence-corrected chi connectivity index (χ4v) is 8.61. The Hall–Kier alpha value is -9.16. The smallest absolute Gasteiger partial charge is 0.411 e. The van der Waals surface area contributed by atoms with Gasteiger partial charge in [-0.05, 0) is 141 Å². The minimum absolute atomic E-state index is 0.101. The molecule has 0 spiro atoms. The summed E-state index contributed by atoms with van der Waals surface area (Å²) in [5, 5.41) is 11.8. The Balaban J connectivity index is 1.06. The van der Waals surface area contributed by atoms with Crippen molar-refractivity contribution in [3.8, 4) is 0 Å². The molecule has 0 radical (unpaired) electrons. The van der Waals surface area contributed by atoms with E-state index >= 15 is 0 Å². The van der Waals surface area contributed by atoms with Gasteiger partial charge in [0.1, 0.15) is 26.4 Å². The van der Waals surface area contributed by atoms with E-state index in [0.29, 0.717) is 48.4 Å². The Labute approximate surface area is 418 Å². The number of fused-ring (bicyclic) bond motifs is 8. The quantitative estimate of drug-likeness (QED) is 0.0883. The summed E-state index contributed by atoms with van der Waals surface area (Å²) in [6.45, 7) is 0.404. The zero-order valence-electron chi connectivity index (χ0n) is 39.4. The topological polar surface area (TPSA) is 153 Å². The zero-order chi connectivity index (χ0) is 49.5. The number of carbonyl (C=O) groups is 4. The van der Waals surface area contributed by atoms with E-state index in [4.69, 9.17) is 18.9 Å². The minimum Gasteiger partial charge on any atom is -0.444 e. The Morgan fingerprint density at radius 2 is 0.458 bits per heavy atom. The summed E-state index contributed by atoms with van der Waals surface area (Å²) < 4.78 is 22.5. The summed E-state index contributed by atoms with van der Waals surface area (Å²) in [5.41, 5.74) is 12.7. The molecular formula is C60H52N4O8. The molecule has 4 amide bonds. The van der Waals surface area contributed by atoms with E-state index in [1.807, 2.05) is 170 Å². The molecule has 0 saturated heterocycles. The fraction of sp³-hybridized carbons (Fsp3) is 0.133.